The van der Waals surface area contributed by atoms with E-state index < -0.39 is 0 Å². The lowest BCUT2D eigenvalue weighted by atomic mass is 10.3. The molecule has 0 unspecified atom stereocenters. The number of hydrogen-bond donors (Lipinski definition) is 1. The van der Waals surface area contributed by atoms with E-state index in [1.165, 1.54) is 0 Å². The third-order valence-corrected chi connectivity index (χ3v) is 2.58. The number of rotatable bonds is 2. The highest BCUT2D eigenvalue weighted by Gasteiger charge is 2.11. The van der Waals surface area contributed by atoms with E-state index in [0.29, 0.717) is 22.2 Å². The van der Waals surface area contributed by atoms with Gasteiger partial charge in [-0.25, -0.2) is 9.97 Å². The summed E-state index contributed by atoms with van der Waals surface area (Å²) in [6, 6.07) is 1.91. The first kappa shape index (κ1) is 11.0. The molecule has 1 aromatic heterocycles. The number of halogens is 2. The van der Waals surface area contributed by atoms with E-state index in [1.807, 2.05) is 6.07 Å². The molecule has 0 aliphatic rings. The highest BCUT2D eigenvalue weighted by molar-refractivity contribution is 14.1. The maximum Gasteiger partial charge on any atom is 0.216 e. The van der Waals surface area contributed by atoms with Gasteiger partial charge in [0.25, 0.3) is 0 Å². The van der Waals surface area contributed by atoms with E-state index in [-0.39, 0.29) is 15.9 Å². The summed E-state index contributed by atoms with van der Waals surface area (Å²) < 4.78 is 9.25. The molecule has 1 N–H and O–H groups in total. The van der Waals surface area contributed by atoms with E-state index >= 15 is 0 Å². The standard InChI is InChI=1S/C6H3ClIN3OS/c7-5-3(2-9)4(1-8)10-6(11-5)13-12/h12H,1H2. The van der Waals surface area contributed by atoms with Crippen LogP contribution in [-0.2, 0) is 4.43 Å². The highest BCUT2D eigenvalue weighted by atomic mass is 127. The van der Waals surface area contributed by atoms with Gasteiger partial charge >= 0.3 is 0 Å². The Morgan fingerprint density at radius 2 is 2.31 bits per heavy atom. The number of hydrogen-bond acceptors (Lipinski definition) is 5. The van der Waals surface area contributed by atoms with Gasteiger partial charge in [0.05, 0.1) is 17.7 Å². The van der Waals surface area contributed by atoms with Crippen molar-refractivity contribution in [3.63, 3.8) is 0 Å². The Balaban J connectivity index is 3.31. The van der Waals surface area contributed by atoms with Gasteiger partial charge in [-0.3, -0.25) is 0 Å². The number of nitrogens with zero attached hydrogens (tertiary/aromatic N) is 3. The number of nitriles is 1. The van der Waals surface area contributed by atoms with Crippen LogP contribution in [0.15, 0.2) is 5.16 Å². The summed E-state index contributed by atoms with van der Waals surface area (Å²) in [5.74, 6) is 0. The maximum absolute atomic E-state index is 8.71. The molecule has 4 nitrogen and oxygen atoms in total. The zero-order valence-corrected chi connectivity index (χ0v) is 9.89. The number of alkyl halides is 1. The first-order valence-electron chi connectivity index (χ1n) is 3.06. The summed E-state index contributed by atoms with van der Waals surface area (Å²) >= 11 is 8.16. The lowest BCUT2D eigenvalue weighted by Gasteiger charge is -2.01. The van der Waals surface area contributed by atoms with Crippen molar-refractivity contribution in [3.05, 3.63) is 16.4 Å². The SMILES string of the molecule is N#Cc1c(Cl)nc(SO)nc1CI. The molecule has 0 amide bonds. The van der Waals surface area contributed by atoms with Crippen LogP contribution in [0.1, 0.15) is 11.3 Å². The zero-order chi connectivity index (χ0) is 9.84. The molecule has 0 aliphatic carbocycles. The van der Waals surface area contributed by atoms with Crippen LogP contribution in [-0.4, -0.2) is 14.5 Å². The molecule has 0 aromatic carbocycles. The molecule has 1 aromatic rings. The fourth-order valence-corrected chi connectivity index (χ4v) is 1.82. The van der Waals surface area contributed by atoms with Crippen molar-refractivity contribution in [2.75, 3.05) is 0 Å². The van der Waals surface area contributed by atoms with Gasteiger partial charge in [-0.05, 0) is 0 Å². The van der Waals surface area contributed by atoms with Crippen molar-refractivity contribution in [1.29, 1.82) is 5.26 Å². The predicted molar refractivity (Wildman–Crippen MR) is 58.0 cm³/mol. The van der Waals surface area contributed by atoms with Crippen molar-refractivity contribution in [2.24, 2.45) is 0 Å². The van der Waals surface area contributed by atoms with Crippen LogP contribution in [0.5, 0.6) is 0 Å². The summed E-state index contributed by atoms with van der Waals surface area (Å²) in [5.41, 5.74) is 0.813. The smallest absolute Gasteiger partial charge is 0.216 e. The molecule has 0 saturated heterocycles. The van der Waals surface area contributed by atoms with Crippen molar-refractivity contribution in [2.45, 2.75) is 9.58 Å². The van der Waals surface area contributed by atoms with Gasteiger partial charge in [0, 0.05) is 4.43 Å². The average Bonchev–Trinajstić information content (AvgIpc) is 2.16. The third-order valence-electron chi connectivity index (χ3n) is 1.24. The topological polar surface area (TPSA) is 69.8 Å². The molecule has 0 fully saturated rings. The molecule has 0 bridgehead atoms. The molecule has 0 saturated carbocycles. The molecular formula is C6H3ClIN3OS. The molecule has 1 rings (SSSR count). The maximum atomic E-state index is 8.71. The fourth-order valence-electron chi connectivity index (χ4n) is 0.703. The van der Waals surface area contributed by atoms with E-state index in [0.717, 1.165) is 0 Å². The molecule has 68 valence electrons. The summed E-state index contributed by atoms with van der Waals surface area (Å²) in [4.78, 5) is 7.64. The lowest BCUT2D eigenvalue weighted by molar-refractivity contribution is 0.653. The van der Waals surface area contributed by atoms with E-state index in [2.05, 4.69) is 32.6 Å². The molecule has 0 aliphatic heterocycles. The molecular weight excluding hydrogens is 325 g/mol. The second kappa shape index (κ2) is 4.95. The lowest BCUT2D eigenvalue weighted by Crippen LogP contribution is -1.97. The summed E-state index contributed by atoms with van der Waals surface area (Å²) in [6.45, 7) is 0. The van der Waals surface area contributed by atoms with Crippen molar-refractivity contribution in [3.8, 4) is 6.07 Å². The molecule has 1 heterocycles. The van der Waals surface area contributed by atoms with E-state index in [1.54, 1.807) is 0 Å². The highest BCUT2D eigenvalue weighted by Crippen LogP contribution is 2.21. The Hall–Kier alpha value is -0.100. The summed E-state index contributed by atoms with van der Waals surface area (Å²) in [7, 11) is 0. The van der Waals surface area contributed by atoms with Crippen LogP contribution in [0.4, 0.5) is 0 Å². The molecule has 0 spiro atoms. The minimum absolute atomic E-state index is 0.0840. The molecule has 7 heteroatoms. The van der Waals surface area contributed by atoms with Gasteiger partial charge in [0.15, 0.2) is 5.15 Å². The van der Waals surface area contributed by atoms with Gasteiger partial charge in [-0.2, -0.15) is 5.26 Å². The second-order valence-corrected chi connectivity index (χ2v) is 3.62. The Labute approximate surface area is 97.7 Å². The predicted octanol–water partition coefficient (Wildman–Crippen LogP) is 2.50. The Bertz CT molecular complexity index is 368. The minimum Gasteiger partial charge on any atom is -0.323 e. The Morgan fingerprint density at radius 3 is 2.77 bits per heavy atom. The van der Waals surface area contributed by atoms with Crippen LogP contribution in [0.25, 0.3) is 0 Å². The Kier molecular flexibility index (Phi) is 4.18. The van der Waals surface area contributed by atoms with Gasteiger partial charge in [0.2, 0.25) is 5.16 Å². The van der Waals surface area contributed by atoms with E-state index in [4.69, 9.17) is 21.4 Å². The van der Waals surface area contributed by atoms with Crippen LogP contribution in [0.2, 0.25) is 5.15 Å². The van der Waals surface area contributed by atoms with Gasteiger partial charge in [-0.1, -0.05) is 34.2 Å². The average molecular weight is 328 g/mol. The first-order valence-corrected chi connectivity index (χ1v) is 5.74. The fraction of sp³-hybridized carbons (Fsp3) is 0.167. The number of aromatic nitrogens is 2. The largest absolute Gasteiger partial charge is 0.323 e. The van der Waals surface area contributed by atoms with Crippen molar-refractivity contribution >= 4 is 46.2 Å². The third kappa shape index (κ3) is 2.43. The second-order valence-electron chi connectivity index (χ2n) is 1.96. The summed E-state index contributed by atoms with van der Waals surface area (Å²) in [5, 5.41) is 8.95. The van der Waals surface area contributed by atoms with Crippen molar-refractivity contribution < 1.29 is 4.55 Å². The molecule has 0 atom stereocenters. The van der Waals surface area contributed by atoms with Crippen LogP contribution in [0.3, 0.4) is 0 Å². The summed E-state index contributed by atoms with van der Waals surface area (Å²) in [6.07, 6.45) is 0. The van der Waals surface area contributed by atoms with Crippen LogP contribution >= 0.6 is 46.2 Å². The van der Waals surface area contributed by atoms with Gasteiger partial charge < -0.3 is 4.55 Å². The van der Waals surface area contributed by atoms with Gasteiger partial charge in [0.1, 0.15) is 11.6 Å². The van der Waals surface area contributed by atoms with Crippen molar-refractivity contribution in [1.82, 2.24) is 9.97 Å². The van der Waals surface area contributed by atoms with Crippen LogP contribution < -0.4 is 0 Å². The quantitative estimate of drug-likeness (QED) is 0.297. The zero-order valence-electron chi connectivity index (χ0n) is 6.16. The van der Waals surface area contributed by atoms with E-state index in [9.17, 15) is 0 Å². The monoisotopic (exact) mass is 327 g/mol. The first-order chi connectivity index (χ1) is 6.22. The normalized spacial score (nSPS) is 9.69. The van der Waals surface area contributed by atoms with Gasteiger partial charge in [-0.15, -0.1) is 0 Å². The minimum atomic E-state index is 0.0840. The van der Waals surface area contributed by atoms with Crippen LogP contribution in [0, 0.1) is 11.3 Å². The molecule has 13 heavy (non-hydrogen) atoms. The molecule has 0 radical (unpaired) electrons. The Morgan fingerprint density at radius 1 is 1.62 bits per heavy atom.